The van der Waals surface area contributed by atoms with E-state index < -0.39 is 5.54 Å². The number of hydrogen-bond donors (Lipinski definition) is 1. The van der Waals surface area contributed by atoms with Gasteiger partial charge in [0.25, 0.3) is 5.89 Å². The van der Waals surface area contributed by atoms with Crippen LogP contribution in [0.4, 0.5) is 0 Å². The second-order valence-corrected chi connectivity index (χ2v) is 6.68. The number of halogens is 2. The summed E-state index contributed by atoms with van der Waals surface area (Å²) < 4.78 is 17.3. The number of benzene rings is 1. The molecule has 128 valence electrons. The van der Waals surface area contributed by atoms with Gasteiger partial charge < -0.3 is 19.7 Å². The molecule has 0 unspecified atom stereocenters. The molecule has 2 heterocycles. The SMILES string of the molecule is Cl.NC1(c2noc(/C=C/c3cc(Br)c4c(c3)OCCO4)n2)CCC1. The van der Waals surface area contributed by atoms with Crippen LogP contribution in [0.5, 0.6) is 11.5 Å². The van der Waals surface area contributed by atoms with Gasteiger partial charge in [-0.3, -0.25) is 0 Å². The normalized spacial score (nSPS) is 18.1. The molecule has 2 aromatic rings. The predicted octanol–water partition coefficient (Wildman–Crippen LogP) is 3.53. The molecule has 0 atom stereocenters. The lowest BCUT2D eigenvalue weighted by Gasteiger charge is -2.34. The van der Waals surface area contributed by atoms with E-state index in [0.29, 0.717) is 24.9 Å². The van der Waals surface area contributed by atoms with E-state index in [1.54, 1.807) is 6.08 Å². The Morgan fingerprint density at radius 1 is 1.17 bits per heavy atom. The summed E-state index contributed by atoms with van der Waals surface area (Å²) in [7, 11) is 0. The van der Waals surface area contributed by atoms with Gasteiger partial charge in [0.2, 0.25) is 0 Å². The molecule has 0 radical (unpaired) electrons. The topological polar surface area (TPSA) is 83.4 Å². The van der Waals surface area contributed by atoms with Crippen LogP contribution < -0.4 is 15.2 Å². The van der Waals surface area contributed by atoms with Crippen molar-refractivity contribution >= 4 is 40.5 Å². The number of nitrogens with two attached hydrogens (primary N) is 1. The van der Waals surface area contributed by atoms with Crippen LogP contribution in [0, 0.1) is 0 Å². The Morgan fingerprint density at radius 2 is 1.96 bits per heavy atom. The molecule has 6 nitrogen and oxygen atoms in total. The van der Waals surface area contributed by atoms with Crippen LogP contribution in [-0.2, 0) is 5.54 Å². The van der Waals surface area contributed by atoms with Gasteiger partial charge in [0.1, 0.15) is 13.2 Å². The Labute approximate surface area is 153 Å². The van der Waals surface area contributed by atoms with Gasteiger partial charge in [-0.1, -0.05) is 5.16 Å². The fourth-order valence-electron chi connectivity index (χ4n) is 2.68. The second-order valence-electron chi connectivity index (χ2n) is 5.83. The van der Waals surface area contributed by atoms with E-state index in [1.807, 2.05) is 18.2 Å². The molecule has 24 heavy (non-hydrogen) atoms. The van der Waals surface area contributed by atoms with Gasteiger partial charge in [0, 0.05) is 6.08 Å². The first-order chi connectivity index (χ1) is 11.1. The third-order valence-corrected chi connectivity index (χ3v) is 4.76. The van der Waals surface area contributed by atoms with Gasteiger partial charge >= 0.3 is 0 Å². The molecule has 1 aromatic carbocycles. The molecule has 2 aliphatic rings. The van der Waals surface area contributed by atoms with E-state index in [4.69, 9.17) is 19.7 Å². The fourth-order valence-corrected chi connectivity index (χ4v) is 3.26. The molecule has 1 aliphatic carbocycles. The van der Waals surface area contributed by atoms with E-state index in [2.05, 4.69) is 26.1 Å². The van der Waals surface area contributed by atoms with Gasteiger partial charge in [-0.2, -0.15) is 4.98 Å². The highest BCUT2D eigenvalue weighted by Gasteiger charge is 2.38. The summed E-state index contributed by atoms with van der Waals surface area (Å²) in [5.74, 6) is 2.50. The number of fused-ring (bicyclic) bond motifs is 1. The molecular formula is C16H17BrClN3O3. The summed E-state index contributed by atoms with van der Waals surface area (Å²) in [6.07, 6.45) is 6.59. The third kappa shape index (κ3) is 3.16. The lowest BCUT2D eigenvalue weighted by molar-refractivity contribution is 0.170. The standard InChI is InChI=1S/C16H16BrN3O3.ClH/c17-11-8-10(9-12-14(11)22-7-6-21-12)2-3-13-19-15(20-23-13)16(18)4-1-5-16;/h2-3,8-9H,1,4-7,18H2;1H/b3-2+;. The van der Waals surface area contributed by atoms with E-state index in [0.717, 1.165) is 40.8 Å². The number of rotatable bonds is 3. The van der Waals surface area contributed by atoms with Crippen molar-refractivity contribution in [1.29, 1.82) is 0 Å². The molecule has 4 rings (SSSR count). The lowest BCUT2D eigenvalue weighted by atomic mass is 9.77. The minimum absolute atomic E-state index is 0. The van der Waals surface area contributed by atoms with E-state index in [-0.39, 0.29) is 12.4 Å². The lowest BCUT2D eigenvalue weighted by Crippen LogP contribution is -2.44. The Bertz CT molecular complexity index is 774. The van der Waals surface area contributed by atoms with E-state index in [9.17, 15) is 0 Å². The highest BCUT2D eigenvalue weighted by atomic mass is 79.9. The molecule has 8 heteroatoms. The number of ether oxygens (including phenoxy) is 2. The zero-order valence-electron chi connectivity index (χ0n) is 12.8. The van der Waals surface area contributed by atoms with Crippen LogP contribution in [0.2, 0.25) is 0 Å². The minimum Gasteiger partial charge on any atom is -0.486 e. The van der Waals surface area contributed by atoms with Crippen molar-refractivity contribution in [3.05, 3.63) is 33.9 Å². The van der Waals surface area contributed by atoms with Gasteiger partial charge in [0.05, 0.1) is 10.0 Å². The first-order valence-corrected chi connectivity index (χ1v) is 8.34. The molecule has 1 aliphatic heterocycles. The van der Waals surface area contributed by atoms with Crippen LogP contribution in [0.25, 0.3) is 12.2 Å². The first-order valence-electron chi connectivity index (χ1n) is 7.54. The van der Waals surface area contributed by atoms with Gasteiger partial charge in [-0.25, -0.2) is 0 Å². The van der Waals surface area contributed by atoms with Crippen molar-refractivity contribution in [2.75, 3.05) is 13.2 Å². The summed E-state index contributed by atoms with van der Waals surface area (Å²) in [6, 6.07) is 3.88. The molecule has 0 amide bonds. The van der Waals surface area contributed by atoms with Crippen molar-refractivity contribution in [2.45, 2.75) is 24.8 Å². The zero-order valence-corrected chi connectivity index (χ0v) is 15.2. The molecular weight excluding hydrogens is 398 g/mol. The molecule has 1 fully saturated rings. The molecule has 2 N–H and O–H groups in total. The number of aromatic nitrogens is 2. The maximum absolute atomic E-state index is 6.20. The maximum atomic E-state index is 6.20. The van der Waals surface area contributed by atoms with Crippen molar-refractivity contribution in [2.24, 2.45) is 5.73 Å². The predicted molar refractivity (Wildman–Crippen MR) is 95.3 cm³/mol. The molecule has 0 bridgehead atoms. The fraction of sp³-hybridized carbons (Fsp3) is 0.375. The van der Waals surface area contributed by atoms with Gasteiger partial charge in [-0.15, -0.1) is 12.4 Å². The summed E-state index contributed by atoms with van der Waals surface area (Å²) in [5.41, 5.74) is 6.74. The number of hydrogen-bond acceptors (Lipinski definition) is 6. The Kier molecular flexibility index (Phi) is 4.85. The van der Waals surface area contributed by atoms with Crippen molar-refractivity contribution in [1.82, 2.24) is 10.1 Å². The van der Waals surface area contributed by atoms with Gasteiger partial charge in [0.15, 0.2) is 17.3 Å². The van der Waals surface area contributed by atoms with Crippen molar-refractivity contribution in [3.8, 4) is 11.5 Å². The Morgan fingerprint density at radius 3 is 2.71 bits per heavy atom. The van der Waals surface area contributed by atoms with Crippen LogP contribution in [0.1, 0.15) is 36.5 Å². The first kappa shape index (κ1) is 17.3. The van der Waals surface area contributed by atoms with Crippen LogP contribution in [0.15, 0.2) is 21.1 Å². The second kappa shape index (κ2) is 6.74. The van der Waals surface area contributed by atoms with Crippen LogP contribution in [-0.4, -0.2) is 23.4 Å². The summed E-state index contributed by atoms with van der Waals surface area (Å²) >= 11 is 3.50. The molecule has 1 aromatic heterocycles. The zero-order chi connectivity index (χ0) is 15.9. The highest BCUT2D eigenvalue weighted by molar-refractivity contribution is 9.10. The van der Waals surface area contributed by atoms with E-state index >= 15 is 0 Å². The van der Waals surface area contributed by atoms with Crippen LogP contribution >= 0.6 is 28.3 Å². The van der Waals surface area contributed by atoms with E-state index in [1.165, 1.54) is 0 Å². The van der Waals surface area contributed by atoms with Crippen molar-refractivity contribution < 1.29 is 14.0 Å². The summed E-state index contributed by atoms with van der Waals surface area (Å²) in [4.78, 5) is 4.37. The highest BCUT2D eigenvalue weighted by Crippen LogP contribution is 2.39. The molecule has 1 saturated carbocycles. The summed E-state index contributed by atoms with van der Waals surface area (Å²) in [5, 5.41) is 3.99. The average Bonchev–Trinajstić information content (AvgIpc) is 3.00. The Hall–Kier alpha value is -1.57. The number of nitrogens with zero attached hydrogens (tertiary/aromatic N) is 2. The maximum Gasteiger partial charge on any atom is 0.250 e. The largest absolute Gasteiger partial charge is 0.486 e. The summed E-state index contributed by atoms with van der Waals surface area (Å²) in [6.45, 7) is 1.12. The minimum atomic E-state index is -0.407. The van der Waals surface area contributed by atoms with Crippen molar-refractivity contribution in [3.63, 3.8) is 0 Å². The molecule has 0 spiro atoms. The van der Waals surface area contributed by atoms with Crippen LogP contribution in [0.3, 0.4) is 0 Å². The molecule has 0 saturated heterocycles. The Balaban J connectivity index is 0.00000169. The van der Waals surface area contributed by atoms with Gasteiger partial charge in [-0.05, 0) is 59.0 Å². The average molecular weight is 415 g/mol. The smallest absolute Gasteiger partial charge is 0.250 e. The monoisotopic (exact) mass is 413 g/mol. The third-order valence-electron chi connectivity index (χ3n) is 4.17. The quantitative estimate of drug-likeness (QED) is 0.827.